The van der Waals surface area contributed by atoms with Gasteiger partial charge in [-0.25, -0.2) is 0 Å². The van der Waals surface area contributed by atoms with Gasteiger partial charge in [-0.15, -0.1) is 0 Å². The molecule has 0 saturated carbocycles. The lowest BCUT2D eigenvalue weighted by molar-refractivity contribution is 0.104. The van der Waals surface area contributed by atoms with E-state index in [1.165, 1.54) is 0 Å². The van der Waals surface area contributed by atoms with Gasteiger partial charge in [0.1, 0.15) is 23.9 Å². The molecule has 0 aromatic heterocycles. The Morgan fingerprint density at radius 3 is 2.20 bits per heavy atom. The van der Waals surface area contributed by atoms with Crippen LogP contribution >= 0.6 is 0 Å². The van der Waals surface area contributed by atoms with Crippen LogP contribution in [0.2, 0.25) is 0 Å². The van der Waals surface area contributed by atoms with Crippen molar-refractivity contribution in [2.45, 2.75) is 40.0 Å². The van der Waals surface area contributed by atoms with Crippen molar-refractivity contribution in [2.24, 2.45) is 0 Å². The Morgan fingerprint density at radius 2 is 1.63 bits per heavy atom. The van der Waals surface area contributed by atoms with E-state index in [0.717, 1.165) is 22.6 Å². The van der Waals surface area contributed by atoms with Gasteiger partial charge in [0.2, 0.25) is 0 Å². The molecule has 0 unspecified atom stereocenters. The van der Waals surface area contributed by atoms with Gasteiger partial charge < -0.3 is 14.2 Å². The van der Waals surface area contributed by atoms with Crippen LogP contribution in [0.1, 0.15) is 56.1 Å². The molecule has 30 heavy (non-hydrogen) atoms. The maximum absolute atomic E-state index is 12.7. The summed E-state index contributed by atoms with van der Waals surface area (Å²) in [6.45, 7) is 15.5. The summed E-state index contributed by atoms with van der Waals surface area (Å²) in [6, 6.07) is 11.0. The molecule has 0 atom stereocenters. The molecule has 0 amide bonds. The molecule has 4 heteroatoms. The fraction of sp³-hybridized carbons (Fsp3) is 0.346. The third kappa shape index (κ3) is 6.24. The number of ketones is 1. The maximum atomic E-state index is 12.7. The molecular weight excluding hydrogens is 376 g/mol. The zero-order valence-corrected chi connectivity index (χ0v) is 18.7. The number of rotatable bonds is 10. The molecule has 0 aliphatic heterocycles. The normalized spacial score (nSPS) is 11.4. The van der Waals surface area contributed by atoms with Crippen LogP contribution in [0.5, 0.6) is 17.2 Å². The summed E-state index contributed by atoms with van der Waals surface area (Å²) >= 11 is 0. The average molecular weight is 409 g/mol. The Hall–Kier alpha value is -3.01. The number of hydrogen-bond donors (Lipinski definition) is 0. The first-order chi connectivity index (χ1) is 14.3. The molecule has 0 aliphatic carbocycles. The summed E-state index contributed by atoms with van der Waals surface area (Å²) in [7, 11) is 0. The fourth-order valence-electron chi connectivity index (χ4n) is 3.20. The van der Waals surface area contributed by atoms with Crippen molar-refractivity contribution < 1.29 is 19.0 Å². The van der Waals surface area contributed by atoms with Gasteiger partial charge in [0.15, 0.2) is 5.78 Å². The molecule has 2 aromatic rings. The van der Waals surface area contributed by atoms with Crippen LogP contribution in [0.3, 0.4) is 0 Å². The monoisotopic (exact) mass is 408 g/mol. The molecule has 0 aliphatic rings. The van der Waals surface area contributed by atoms with Gasteiger partial charge in [-0.1, -0.05) is 39.5 Å². The quantitative estimate of drug-likeness (QED) is 0.265. The molecule has 0 saturated heterocycles. The summed E-state index contributed by atoms with van der Waals surface area (Å²) in [5.41, 5.74) is 2.39. The number of hydrogen-bond acceptors (Lipinski definition) is 4. The molecule has 0 radical (unpaired) electrons. The van der Waals surface area contributed by atoms with Crippen molar-refractivity contribution in [3.8, 4) is 17.2 Å². The van der Waals surface area contributed by atoms with Crippen molar-refractivity contribution >= 4 is 11.9 Å². The predicted octanol–water partition coefficient (Wildman–Crippen LogP) is 6.24. The number of allylic oxidation sites excluding steroid dienone is 1. The largest absolute Gasteiger partial charge is 0.494 e. The van der Waals surface area contributed by atoms with Gasteiger partial charge in [0, 0.05) is 17.2 Å². The lowest BCUT2D eigenvalue weighted by atomic mass is 9.82. The van der Waals surface area contributed by atoms with E-state index in [4.69, 9.17) is 14.2 Å². The van der Waals surface area contributed by atoms with Crippen molar-refractivity contribution in [3.63, 3.8) is 0 Å². The Bertz CT molecular complexity index is 886. The van der Waals surface area contributed by atoms with Gasteiger partial charge in [-0.3, -0.25) is 4.79 Å². The first-order valence-electron chi connectivity index (χ1n) is 10.3. The third-order valence-corrected chi connectivity index (χ3v) is 4.39. The topological polar surface area (TPSA) is 44.8 Å². The van der Waals surface area contributed by atoms with E-state index in [1.54, 1.807) is 36.4 Å². The molecule has 2 rings (SSSR count). The Kier molecular flexibility index (Phi) is 8.28. The van der Waals surface area contributed by atoms with Crippen LogP contribution in [-0.4, -0.2) is 25.6 Å². The molecule has 0 heterocycles. The molecular formula is C26H32O4. The third-order valence-electron chi connectivity index (χ3n) is 4.39. The minimum absolute atomic E-state index is 0.0788. The van der Waals surface area contributed by atoms with Crippen LogP contribution < -0.4 is 14.2 Å². The van der Waals surface area contributed by atoms with Crippen LogP contribution in [0.4, 0.5) is 0 Å². The molecule has 160 valence electrons. The lowest BCUT2D eigenvalue weighted by Gasteiger charge is -2.26. The van der Waals surface area contributed by atoms with Gasteiger partial charge >= 0.3 is 0 Å². The first-order valence-corrected chi connectivity index (χ1v) is 10.3. The van der Waals surface area contributed by atoms with Crippen LogP contribution in [0.25, 0.3) is 6.08 Å². The molecule has 0 spiro atoms. The van der Waals surface area contributed by atoms with Gasteiger partial charge in [0.25, 0.3) is 0 Å². The first kappa shape index (κ1) is 23.3. The Labute approximate surface area is 180 Å². The highest BCUT2D eigenvalue weighted by molar-refractivity contribution is 6.07. The molecule has 0 N–H and O–H groups in total. The summed E-state index contributed by atoms with van der Waals surface area (Å²) in [5, 5.41) is 0. The number of carbonyl (C=O) groups excluding carboxylic acids is 1. The van der Waals surface area contributed by atoms with Crippen LogP contribution in [-0.2, 0) is 5.41 Å². The van der Waals surface area contributed by atoms with E-state index >= 15 is 0 Å². The van der Waals surface area contributed by atoms with E-state index < -0.39 is 0 Å². The van der Waals surface area contributed by atoms with Crippen LogP contribution in [0.15, 0.2) is 55.1 Å². The molecule has 2 aromatic carbocycles. The van der Waals surface area contributed by atoms with Gasteiger partial charge in [0.05, 0.1) is 13.2 Å². The Morgan fingerprint density at radius 1 is 0.967 bits per heavy atom. The number of benzene rings is 2. The smallest absolute Gasteiger partial charge is 0.185 e. The Balaban J connectivity index is 2.37. The number of ether oxygens (including phenoxy) is 3. The minimum Gasteiger partial charge on any atom is -0.494 e. The second-order valence-electron chi connectivity index (χ2n) is 7.82. The highest BCUT2D eigenvalue weighted by atomic mass is 16.5. The summed E-state index contributed by atoms with van der Waals surface area (Å²) in [4.78, 5) is 12.7. The minimum atomic E-state index is -0.165. The highest BCUT2D eigenvalue weighted by Gasteiger charge is 2.23. The van der Waals surface area contributed by atoms with Gasteiger partial charge in [-0.05, 0) is 61.2 Å². The lowest BCUT2D eigenvalue weighted by Crippen LogP contribution is -2.16. The molecule has 4 nitrogen and oxygen atoms in total. The van der Waals surface area contributed by atoms with E-state index in [2.05, 4.69) is 27.4 Å². The van der Waals surface area contributed by atoms with Gasteiger partial charge in [-0.2, -0.15) is 0 Å². The summed E-state index contributed by atoms with van der Waals surface area (Å²) in [5.74, 6) is 2.14. The highest BCUT2D eigenvalue weighted by Crippen LogP contribution is 2.38. The molecule has 0 fully saturated rings. The predicted molar refractivity (Wildman–Crippen MR) is 123 cm³/mol. The summed E-state index contributed by atoms with van der Waals surface area (Å²) in [6.07, 6.45) is 5.12. The summed E-state index contributed by atoms with van der Waals surface area (Å²) < 4.78 is 17.1. The zero-order chi connectivity index (χ0) is 22.1. The van der Waals surface area contributed by atoms with E-state index in [0.29, 0.717) is 31.1 Å². The second kappa shape index (κ2) is 10.7. The van der Waals surface area contributed by atoms with Crippen molar-refractivity contribution in [1.29, 1.82) is 0 Å². The zero-order valence-electron chi connectivity index (χ0n) is 18.7. The van der Waals surface area contributed by atoms with E-state index in [1.807, 2.05) is 32.1 Å². The van der Waals surface area contributed by atoms with E-state index in [9.17, 15) is 4.79 Å². The standard InChI is InChI=1S/C26H32O4/c1-7-16-30-21-13-10-19(11-14-21)23(27)15-12-20-17-22(28-8-2)18-24(29-9-3)25(20)26(4,5)6/h7,10-15,17-18H,1,8-9,16H2,2-6H3. The van der Waals surface area contributed by atoms with Crippen molar-refractivity contribution in [2.75, 3.05) is 19.8 Å². The fourth-order valence-corrected chi connectivity index (χ4v) is 3.20. The maximum Gasteiger partial charge on any atom is 0.185 e. The average Bonchev–Trinajstić information content (AvgIpc) is 2.70. The van der Waals surface area contributed by atoms with Crippen molar-refractivity contribution in [3.05, 3.63) is 71.8 Å². The second-order valence-corrected chi connectivity index (χ2v) is 7.82. The van der Waals surface area contributed by atoms with Crippen molar-refractivity contribution in [1.82, 2.24) is 0 Å². The van der Waals surface area contributed by atoms with E-state index in [-0.39, 0.29) is 11.2 Å². The molecule has 0 bridgehead atoms. The SMILES string of the molecule is C=CCOc1ccc(C(=O)C=Cc2cc(OCC)cc(OCC)c2C(C)(C)C)cc1. The number of carbonyl (C=O) groups is 1. The van der Waals surface area contributed by atoms with Crippen LogP contribution in [0, 0.1) is 0 Å².